The van der Waals surface area contributed by atoms with E-state index >= 15 is 0 Å². The van der Waals surface area contributed by atoms with Crippen LogP contribution in [0.5, 0.6) is 0 Å². The Kier molecular flexibility index (Phi) is 7.05. The van der Waals surface area contributed by atoms with E-state index < -0.39 is 17.9 Å². The Morgan fingerprint density at radius 2 is 1.61 bits per heavy atom. The minimum Gasteiger partial charge on any atom is -0.452 e. The molecule has 0 aliphatic carbocycles. The number of hydrogen-bond acceptors (Lipinski definition) is 4. The third-order valence-corrected chi connectivity index (χ3v) is 5.60. The van der Waals surface area contributed by atoms with Crippen LogP contribution < -0.4 is 5.32 Å². The Morgan fingerprint density at radius 3 is 2.19 bits per heavy atom. The van der Waals surface area contributed by atoms with Crippen molar-refractivity contribution in [3.63, 3.8) is 0 Å². The monoisotopic (exact) mass is 426 g/mol. The molecule has 1 fully saturated rings. The van der Waals surface area contributed by atoms with Gasteiger partial charge in [-0.2, -0.15) is 0 Å². The molecule has 0 aromatic heterocycles. The summed E-state index contributed by atoms with van der Waals surface area (Å²) in [4.78, 5) is 39.2. The van der Waals surface area contributed by atoms with E-state index in [1.807, 2.05) is 32.0 Å². The number of halogens is 1. The Morgan fingerprint density at radius 1 is 1.03 bits per heavy atom. The van der Waals surface area contributed by atoms with Crippen molar-refractivity contribution in [1.29, 1.82) is 0 Å². The predicted molar refractivity (Wildman–Crippen MR) is 115 cm³/mol. The van der Waals surface area contributed by atoms with Gasteiger partial charge in [-0.05, 0) is 69.0 Å². The minimum atomic E-state index is -0.926. The molecule has 1 aliphatic heterocycles. The summed E-state index contributed by atoms with van der Waals surface area (Å²) in [5.41, 5.74) is 3.01. The highest BCUT2D eigenvalue weighted by atomic mass is 19.1. The number of piperidine rings is 1. The molecular formula is C24H27FN2O4. The second kappa shape index (κ2) is 9.73. The van der Waals surface area contributed by atoms with Gasteiger partial charge in [0.15, 0.2) is 6.10 Å². The zero-order valence-corrected chi connectivity index (χ0v) is 18.0. The normalized spacial score (nSPS) is 15.3. The van der Waals surface area contributed by atoms with Crippen molar-refractivity contribution >= 4 is 23.5 Å². The van der Waals surface area contributed by atoms with Gasteiger partial charge in [0.05, 0.1) is 5.92 Å². The maximum absolute atomic E-state index is 13.1. The van der Waals surface area contributed by atoms with E-state index in [2.05, 4.69) is 5.32 Å². The van der Waals surface area contributed by atoms with Gasteiger partial charge in [-0.3, -0.25) is 14.4 Å². The zero-order valence-electron chi connectivity index (χ0n) is 18.0. The Hall–Kier alpha value is -3.22. The molecule has 0 spiro atoms. The lowest BCUT2D eigenvalue weighted by Crippen LogP contribution is -2.41. The molecule has 1 heterocycles. The van der Waals surface area contributed by atoms with Crippen molar-refractivity contribution in [2.45, 2.75) is 39.7 Å². The van der Waals surface area contributed by atoms with Gasteiger partial charge in [-0.25, -0.2) is 4.39 Å². The smallest absolute Gasteiger partial charge is 0.309 e. The molecule has 0 radical (unpaired) electrons. The molecule has 0 unspecified atom stereocenters. The topological polar surface area (TPSA) is 75.7 Å². The van der Waals surface area contributed by atoms with Gasteiger partial charge < -0.3 is 15.0 Å². The summed E-state index contributed by atoms with van der Waals surface area (Å²) in [7, 11) is 0. The molecule has 3 rings (SSSR count). The summed E-state index contributed by atoms with van der Waals surface area (Å²) in [5.74, 6) is -1.76. The molecule has 2 aromatic rings. The molecule has 2 amide bonds. The van der Waals surface area contributed by atoms with Crippen molar-refractivity contribution in [2.24, 2.45) is 5.92 Å². The van der Waals surface area contributed by atoms with Crippen LogP contribution >= 0.6 is 0 Å². The Bertz CT molecular complexity index is 946. The summed E-state index contributed by atoms with van der Waals surface area (Å²) in [6, 6.07) is 11.1. The highest BCUT2D eigenvalue weighted by Crippen LogP contribution is 2.22. The maximum Gasteiger partial charge on any atom is 0.309 e. The number of anilines is 1. The van der Waals surface area contributed by atoms with Crippen LogP contribution in [0, 0.1) is 25.6 Å². The number of para-hydroxylation sites is 1. The summed E-state index contributed by atoms with van der Waals surface area (Å²) in [5, 5.41) is 2.83. The summed E-state index contributed by atoms with van der Waals surface area (Å²) in [6.45, 7) is 6.16. The van der Waals surface area contributed by atoms with Gasteiger partial charge in [0.1, 0.15) is 5.82 Å². The van der Waals surface area contributed by atoms with Gasteiger partial charge >= 0.3 is 5.97 Å². The fourth-order valence-electron chi connectivity index (χ4n) is 3.65. The Balaban J connectivity index is 1.50. The zero-order chi connectivity index (χ0) is 22.5. The number of rotatable bonds is 5. The first-order valence-electron chi connectivity index (χ1n) is 10.4. The van der Waals surface area contributed by atoms with Gasteiger partial charge in [0.25, 0.3) is 11.8 Å². The third kappa shape index (κ3) is 5.48. The van der Waals surface area contributed by atoms with Gasteiger partial charge in [0.2, 0.25) is 0 Å². The fraction of sp³-hybridized carbons (Fsp3) is 0.375. The van der Waals surface area contributed by atoms with Gasteiger partial charge in [-0.1, -0.05) is 18.2 Å². The molecule has 0 saturated carbocycles. The molecule has 0 bridgehead atoms. The van der Waals surface area contributed by atoms with E-state index in [1.165, 1.54) is 24.3 Å². The van der Waals surface area contributed by atoms with E-state index in [4.69, 9.17) is 4.74 Å². The average molecular weight is 426 g/mol. The Labute approximate surface area is 181 Å². The molecule has 1 saturated heterocycles. The second-order valence-electron chi connectivity index (χ2n) is 7.91. The van der Waals surface area contributed by atoms with Crippen LogP contribution in [0.3, 0.4) is 0 Å². The lowest BCUT2D eigenvalue weighted by Gasteiger charge is -2.31. The van der Waals surface area contributed by atoms with Crippen LogP contribution in [0.1, 0.15) is 41.3 Å². The number of esters is 1. The minimum absolute atomic E-state index is 0.187. The molecule has 164 valence electrons. The number of amides is 2. The number of likely N-dealkylation sites (tertiary alicyclic amines) is 1. The van der Waals surface area contributed by atoms with Crippen molar-refractivity contribution in [2.75, 3.05) is 18.4 Å². The summed E-state index contributed by atoms with van der Waals surface area (Å²) < 4.78 is 18.5. The molecular weight excluding hydrogens is 399 g/mol. The van der Waals surface area contributed by atoms with Crippen LogP contribution in [-0.2, 0) is 14.3 Å². The maximum atomic E-state index is 13.1. The number of benzene rings is 2. The second-order valence-corrected chi connectivity index (χ2v) is 7.91. The molecule has 1 atom stereocenters. The molecule has 31 heavy (non-hydrogen) atoms. The number of ether oxygens (including phenoxy) is 1. The van der Waals surface area contributed by atoms with Crippen molar-refractivity contribution in [1.82, 2.24) is 4.90 Å². The number of nitrogens with zero attached hydrogens (tertiary/aromatic N) is 1. The predicted octanol–water partition coefficient (Wildman–Crippen LogP) is 3.87. The van der Waals surface area contributed by atoms with Crippen molar-refractivity contribution in [3.8, 4) is 0 Å². The molecule has 7 heteroatoms. The first-order valence-corrected chi connectivity index (χ1v) is 10.4. The van der Waals surface area contributed by atoms with Crippen molar-refractivity contribution in [3.05, 3.63) is 65.0 Å². The van der Waals surface area contributed by atoms with Crippen LogP contribution in [0.2, 0.25) is 0 Å². The number of hydrogen-bond donors (Lipinski definition) is 1. The van der Waals surface area contributed by atoms with Crippen LogP contribution in [0.25, 0.3) is 0 Å². The average Bonchev–Trinajstić information content (AvgIpc) is 2.76. The van der Waals surface area contributed by atoms with Gasteiger partial charge in [0, 0.05) is 24.3 Å². The number of aryl methyl sites for hydroxylation is 2. The van der Waals surface area contributed by atoms with Crippen LogP contribution in [0.4, 0.5) is 10.1 Å². The standard InChI is InChI=1S/C24H27FN2O4/c1-15-5-4-6-16(2)21(15)26-22(28)17(3)31-24(30)19-11-13-27(14-12-19)23(29)18-7-9-20(25)10-8-18/h4-10,17,19H,11-14H2,1-3H3,(H,26,28)/t17-/m1/s1. The fourth-order valence-corrected chi connectivity index (χ4v) is 3.65. The third-order valence-electron chi connectivity index (χ3n) is 5.60. The van der Waals surface area contributed by atoms with Gasteiger partial charge in [-0.15, -0.1) is 0 Å². The quantitative estimate of drug-likeness (QED) is 0.737. The molecule has 6 nitrogen and oxygen atoms in total. The highest BCUT2D eigenvalue weighted by Gasteiger charge is 2.31. The molecule has 1 aliphatic rings. The van der Waals surface area contributed by atoms with Crippen LogP contribution in [0.15, 0.2) is 42.5 Å². The summed E-state index contributed by atoms with van der Waals surface area (Å²) in [6.07, 6.45) is -0.0148. The number of nitrogens with one attached hydrogen (secondary N) is 1. The first kappa shape index (κ1) is 22.5. The molecule has 2 aromatic carbocycles. The largest absolute Gasteiger partial charge is 0.452 e. The first-order chi connectivity index (χ1) is 14.8. The van der Waals surface area contributed by atoms with E-state index in [1.54, 1.807) is 11.8 Å². The molecule has 1 N–H and O–H groups in total. The van der Waals surface area contributed by atoms with E-state index in [0.29, 0.717) is 31.5 Å². The highest BCUT2D eigenvalue weighted by molar-refractivity contribution is 5.96. The number of carbonyl (C=O) groups is 3. The number of carbonyl (C=O) groups excluding carboxylic acids is 3. The lowest BCUT2D eigenvalue weighted by molar-refractivity contribution is -0.158. The van der Waals surface area contributed by atoms with Crippen molar-refractivity contribution < 1.29 is 23.5 Å². The van der Waals surface area contributed by atoms with E-state index in [-0.39, 0.29) is 17.7 Å². The lowest BCUT2D eigenvalue weighted by atomic mass is 9.96. The van der Waals surface area contributed by atoms with E-state index in [9.17, 15) is 18.8 Å². The SMILES string of the molecule is Cc1cccc(C)c1NC(=O)[C@@H](C)OC(=O)C1CCN(C(=O)c2ccc(F)cc2)CC1. The van der Waals surface area contributed by atoms with E-state index in [0.717, 1.165) is 16.8 Å². The summed E-state index contributed by atoms with van der Waals surface area (Å²) >= 11 is 0. The van der Waals surface area contributed by atoms with Crippen LogP contribution in [-0.4, -0.2) is 41.9 Å².